The molecule has 0 aliphatic rings. The first-order valence-electron chi connectivity index (χ1n) is 18.3. The van der Waals surface area contributed by atoms with Crippen LogP contribution in [0.5, 0.6) is 0 Å². The molecule has 3 rings (SSSR count). The Morgan fingerprint density at radius 2 is 1.70 bits per heavy atom. The molecule has 1 aromatic heterocycles. The van der Waals surface area contributed by atoms with E-state index in [1.165, 1.54) is 31.3 Å². The summed E-state index contributed by atoms with van der Waals surface area (Å²) in [5.74, 6) is -4.06. The van der Waals surface area contributed by atoms with E-state index in [2.05, 4.69) is 28.4 Å². The predicted molar refractivity (Wildman–Crippen MR) is 200 cm³/mol. The van der Waals surface area contributed by atoms with Crippen LogP contribution >= 0.6 is 0 Å². The molecule has 13 heteroatoms. The Balaban J connectivity index is 2.22. The van der Waals surface area contributed by atoms with Gasteiger partial charge in [-0.05, 0) is 124 Å². The lowest BCUT2D eigenvalue weighted by Crippen LogP contribution is -2.41. The van der Waals surface area contributed by atoms with E-state index in [0.717, 1.165) is 23.7 Å². The molecule has 54 heavy (non-hydrogen) atoms. The van der Waals surface area contributed by atoms with E-state index in [4.69, 9.17) is 4.74 Å². The molecule has 0 spiro atoms. The molecule has 0 unspecified atom stereocenters. The van der Waals surface area contributed by atoms with Crippen LogP contribution in [0.15, 0.2) is 60.6 Å². The number of aryl methyl sites for hydroxylation is 3. The Morgan fingerprint density at radius 1 is 1.00 bits per heavy atom. The van der Waals surface area contributed by atoms with Crippen molar-refractivity contribution in [3.63, 3.8) is 0 Å². The van der Waals surface area contributed by atoms with E-state index in [1.807, 2.05) is 13.8 Å². The number of allylic oxidation sites excluding steroid dienone is 2. The summed E-state index contributed by atoms with van der Waals surface area (Å²) >= 11 is 0. The molecule has 294 valence electrons. The van der Waals surface area contributed by atoms with Crippen LogP contribution in [0.4, 0.5) is 22.0 Å². The third-order valence-corrected chi connectivity index (χ3v) is 9.41. The number of carbonyl (C=O) groups excluding carboxylic acids is 2. The molecule has 0 fully saturated rings. The molecule has 1 heterocycles. The van der Waals surface area contributed by atoms with Crippen molar-refractivity contribution in [1.82, 2.24) is 19.8 Å². The van der Waals surface area contributed by atoms with Crippen molar-refractivity contribution >= 4 is 11.9 Å². The molecule has 0 aliphatic carbocycles. The van der Waals surface area contributed by atoms with E-state index in [0.29, 0.717) is 67.1 Å². The van der Waals surface area contributed by atoms with Crippen LogP contribution in [0.3, 0.4) is 0 Å². The maximum absolute atomic E-state index is 16.2. The highest BCUT2D eigenvalue weighted by molar-refractivity contribution is 5.82. The SMILES string of the molecule is C=CCCCCc1cc(F)cc(C)c1-c1cc([C@H](CC(=O)OCC)NC(=O)[C@H](CC=C)n2cc(CCN(CC)CC)c(C)nc2=O)c(F)c(C(F)(F)F)c1. The van der Waals surface area contributed by atoms with Crippen LogP contribution in [0.2, 0.25) is 0 Å². The van der Waals surface area contributed by atoms with Crippen LogP contribution in [-0.4, -0.2) is 52.6 Å². The van der Waals surface area contributed by atoms with Gasteiger partial charge in [0, 0.05) is 24.0 Å². The lowest BCUT2D eigenvalue weighted by Gasteiger charge is -2.26. The van der Waals surface area contributed by atoms with Crippen molar-refractivity contribution in [2.45, 2.75) is 97.8 Å². The molecule has 1 amide bonds. The highest BCUT2D eigenvalue weighted by atomic mass is 19.4. The second-order valence-corrected chi connectivity index (χ2v) is 13.1. The Morgan fingerprint density at radius 3 is 2.31 bits per heavy atom. The van der Waals surface area contributed by atoms with Gasteiger partial charge in [-0.3, -0.25) is 14.2 Å². The zero-order valence-electron chi connectivity index (χ0n) is 31.8. The topological polar surface area (TPSA) is 93.5 Å². The van der Waals surface area contributed by atoms with Gasteiger partial charge < -0.3 is 15.0 Å². The number of amides is 1. The standard InChI is InChI=1S/C41H51F5N4O4/c1-8-13-14-15-17-28-21-31(42)20-26(6)37(28)30-22-32(38(43)33(23-30)41(44,45)46)34(24-36(51)54-12-5)48-39(52)35(16-9-2)50-25-29(27(7)47-40(50)53)18-19-49(10-3)11-4/h8-9,20-23,25,34-35H,1-2,10-19,24H2,3-7H3,(H,48,52)/t34-,35-/m0/s1. The number of rotatable bonds is 20. The van der Waals surface area contributed by atoms with Crippen LogP contribution < -0.4 is 11.0 Å². The molecule has 2 aromatic carbocycles. The van der Waals surface area contributed by atoms with Gasteiger partial charge in [-0.15, -0.1) is 13.2 Å². The lowest BCUT2D eigenvalue weighted by molar-refractivity contribution is -0.144. The van der Waals surface area contributed by atoms with Crippen LogP contribution in [0.25, 0.3) is 11.1 Å². The molecular formula is C41H51F5N4O4. The van der Waals surface area contributed by atoms with Crippen LogP contribution in [0.1, 0.15) is 98.5 Å². The molecule has 0 radical (unpaired) electrons. The number of hydrogen-bond acceptors (Lipinski definition) is 6. The van der Waals surface area contributed by atoms with Crippen molar-refractivity contribution in [2.75, 3.05) is 26.2 Å². The smallest absolute Gasteiger partial charge is 0.419 e. The molecule has 0 bridgehead atoms. The second kappa shape index (κ2) is 20.1. The Kier molecular flexibility index (Phi) is 16.3. The summed E-state index contributed by atoms with van der Waals surface area (Å²) < 4.78 is 80.8. The predicted octanol–water partition coefficient (Wildman–Crippen LogP) is 8.54. The van der Waals surface area contributed by atoms with Crippen molar-refractivity contribution in [3.8, 4) is 11.1 Å². The van der Waals surface area contributed by atoms with Gasteiger partial charge in [0.2, 0.25) is 5.91 Å². The number of unbranched alkanes of at least 4 members (excludes halogenated alkanes) is 2. The minimum atomic E-state index is -5.18. The largest absolute Gasteiger partial charge is 0.466 e. The Bertz CT molecular complexity index is 1850. The average Bonchev–Trinajstić information content (AvgIpc) is 3.10. The van der Waals surface area contributed by atoms with E-state index in [9.17, 15) is 31.9 Å². The molecule has 2 atom stereocenters. The van der Waals surface area contributed by atoms with Gasteiger partial charge in [0.1, 0.15) is 17.7 Å². The Labute approximate surface area is 314 Å². The van der Waals surface area contributed by atoms with E-state index >= 15 is 4.39 Å². The van der Waals surface area contributed by atoms with Gasteiger partial charge >= 0.3 is 17.8 Å². The third kappa shape index (κ3) is 11.4. The van der Waals surface area contributed by atoms with Gasteiger partial charge in [-0.1, -0.05) is 26.0 Å². The number of hydrogen-bond donors (Lipinski definition) is 1. The normalized spacial score (nSPS) is 12.7. The van der Waals surface area contributed by atoms with Gasteiger partial charge in [0.15, 0.2) is 0 Å². The number of likely N-dealkylation sites (N-methyl/N-ethyl adjacent to an activating group) is 1. The molecule has 0 saturated heterocycles. The number of benzene rings is 2. The third-order valence-electron chi connectivity index (χ3n) is 9.41. The number of carbonyl (C=O) groups is 2. The van der Waals surface area contributed by atoms with Gasteiger partial charge in [-0.25, -0.2) is 13.6 Å². The number of aromatic nitrogens is 2. The van der Waals surface area contributed by atoms with Crippen molar-refractivity contribution in [3.05, 3.63) is 111 Å². The fourth-order valence-electron chi connectivity index (χ4n) is 6.55. The van der Waals surface area contributed by atoms with Crippen LogP contribution in [0, 0.1) is 25.5 Å². The highest BCUT2D eigenvalue weighted by Crippen LogP contribution is 2.40. The molecular weight excluding hydrogens is 707 g/mol. The van der Waals surface area contributed by atoms with Gasteiger partial charge in [0.05, 0.1) is 24.6 Å². The summed E-state index contributed by atoms with van der Waals surface area (Å²) in [6.07, 6.45) is 1.45. The highest BCUT2D eigenvalue weighted by Gasteiger charge is 2.38. The molecule has 3 aromatic rings. The zero-order chi connectivity index (χ0) is 40.2. The van der Waals surface area contributed by atoms with Crippen LogP contribution in [-0.2, 0) is 33.3 Å². The number of nitrogens with one attached hydrogen (secondary N) is 1. The summed E-state index contributed by atoms with van der Waals surface area (Å²) in [5.41, 5.74) is -0.872. The first-order chi connectivity index (χ1) is 25.6. The maximum atomic E-state index is 16.2. The molecule has 0 saturated carbocycles. The van der Waals surface area contributed by atoms with Gasteiger partial charge in [0.25, 0.3) is 0 Å². The quantitative estimate of drug-likeness (QED) is 0.0538. The number of halogens is 5. The molecule has 8 nitrogen and oxygen atoms in total. The number of ether oxygens (including phenoxy) is 1. The maximum Gasteiger partial charge on any atom is 0.419 e. The minimum absolute atomic E-state index is 0.0718. The molecule has 1 N–H and O–H groups in total. The Hall–Kier alpha value is -4.65. The first kappa shape index (κ1) is 43.8. The monoisotopic (exact) mass is 758 g/mol. The second-order valence-electron chi connectivity index (χ2n) is 13.1. The zero-order valence-corrected chi connectivity index (χ0v) is 31.8. The van der Waals surface area contributed by atoms with Crippen molar-refractivity contribution in [1.29, 1.82) is 0 Å². The summed E-state index contributed by atoms with van der Waals surface area (Å²) in [5, 5.41) is 2.56. The molecule has 0 aliphatic heterocycles. The summed E-state index contributed by atoms with van der Waals surface area (Å²) in [7, 11) is 0. The van der Waals surface area contributed by atoms with Gasteiger partial charge in [-0.2, -0.15) is 18.2 Å². The lowest BCUT2D eigenvalue weighted by atomic mass is 9.88. The van der Waals surface area contributed by atoms with E-state index in [-0.39, 0.29) is 24.2 Å². The fraction of sp³-hybridized carbons (Fsp3) is 0.463. The summed E-state index contributed by atoms with van der Waals surface area (Å²) in [6, 6.07) is 1.27. The van der Waals surface area contributed by atoms with Crippen molar-refractivity contribution in [2.24, 2.45) is 0 Å². The minimum Gasteiger partial charge on any atom is -0.466 e. The van der Waals surface area contributed by atoms with E-state index in [1.54, 1.807) is 19.9 Å². The first-order valence-corrected chi connectivity index (χ1v) is 18.3. The number of alkyl halides is 3. The van der Waals surface area contributed by atoms with Crippen molar-refractivity contribution < 1.29 is 36.3 Å². The number of nitrogens with zero attached hydrogens (tertiary/aromatic N) is 3. The summed E-state index contributed by atoms with van der Waals surface area (Å²) in [4.78, 5) is 46.6. The fourth-order valence-corrected chi connectivity index (χ4v) is 6.55. The van der Waals surface area contributed by atoms with E-state index < -0.39 is 65.0 Å². The number of esters is 1. The summed E-state index contributed by atoms with van der Waals surface area (Å²) in [6.45, 7) is 18.4. The average molecular weight is 759 g/mol.